The lowest BCUT2D eigenvalue weighted by atomic mass is 9.86. The van der Waals surface area contributed by atoms with Crippen LogP contribution in [0.25, 0.3) is 0 Å². The van der Waals surface area contributed by atoms with Crippen LogP contribution in [0.5, 0.6) is 0 Å². The minimum Gasteiger partial charge on any atom is -0.481 e. The lowest BCUT2D eigenvalue weighted by Crippen LogP contribution is -2.47. The third kappa shape index (κ3) is 10.7. The molecule has 0 aromatic heterocycles. The Morgan fingerprint density at radius 1 is 0.968 bits per heavy atom. The fourth-order valence-corrected chi connectivity index (χ4v) is 4.46. The second-order valence-electron chi connectivity index (χ2n) is 9.94. The summed E-state index contributed by atoms with van der Waals surface area (Å²) in [6.45, 7) is 16.4. The molecular formula is C22H46O8Si. The van der Waals surface area contributed by atoms with Crippen LogP contribution in [-0.2, 0) is 28.2 Å². The molecule has 0 unspecified atom stereocenters. The highest BCUT2D eigenvalue weighted by molar-refractivity contribution is 6.74. The van der Waals surface area contributed by atoms with E-state index in [0.29, 0.717) is 12.8 Å². The largest absolute Gasteiger partial charge is 0.481 e. The maximum absolute atomic E-state index is 11.4. The molecule has 0 fully saturated rings. The van der Waals surface area contributed by atoms with Crippen LogP contribution in [0.3, 0.4) is 0 Å². The Morgan fingerprint density at radius 2 is 1.48 bits per heavy atom. The fourth-order valence-electron chi connectivity index (χ4n) is 3.08. The first-order chi connectivity index (χ1) is 14.2. The summed E-state index contributed by atoms with van der Waals surface area (Å²) in [4.78, 5) is 11.4. The van der Waals surface area contributed by atoms with E-state index >= 15 is 0 Å². The zero-order valence-corrected chi connectivity index (χ0v) is 22.1. The predicted octanol–water partition coefficient (Wildman–Crippen LogP) is 3.87. The van der Waals surface area contributed by atoms with Crippen molar-refractivity contribution >= 4 is 14.3 Å². The molecule has 0 radical (unpaired) electrons. The van der Waals surface area contributed by atoms with Gasteiger partial charge in [-0.25, -0.2) is 0 Å². The second kappa shape index (κ2) is 13.9. The molecule has 0 saturated heterocycles. The highest BCUT2D eigenvalue weighted by atomic mass is 28.4. The Hall–Kier alpha value is -0.553. The van der Waals surface area contributed by atoms with Crippen LogP contribution in [0.2, 0.25) is 18.1 Å². The first kappa shape index (κ1) is 30.4. The van der Waals surface area contributed by atoms with Crippen LogP contribution in [0, 0.1) is 11.8 Å². The Bertz CT molecular complexity index is 508. The van der Waals surface area contributed by atoms with Crippen molar-refractivity contribution in [2.75, 3.05) is 27.8 Å². The molecular weight excluding hydrogens is 420 g/mol. The molecule has 0 aromatic carbocycles. The molecule has 0 rings (SSSR count). The van der Waals surface area contributed by atoms with E-state index < -0.39 is 38.3 Å². The molecule has 0 aliphatic rings. The van der Waals surface area contributed by atoms with Crippen molar-refractivity contribution in [1.29, 1.82) is 0 Å². The lowest BCUT2D eigenvalue weighted by molar-refractivity contribution is -0.152. The Kier molecular flexibility index (Phi) is 13.6. The summed E-state index contributed by atoms with van der Waals surface area (Å²) < 4.78 is 28.4. The summed E-state index contributed by atoms with van der Waals surface area (Å²) in [6.07, 6.45) is -0.683. The molecule has 31 heavy (non-hydrogen) atoms. The van der Waals surface area contributed by atoms with Crippen molar-refractivity contribution in [2.45, 2.75) is 96.9 Å². The number of aliphatic carboxylic acids is 1. The van der Waals surface area contributed by atoms with Gasteiger partial charge in [0, 0.05) is 26.2 Å². The minimum absolute atomic E-state index is 0.0215. The predicted molar refractivity (Wildman–Crippen MR) is 122 cm³/mol. The second-order valence-corrected chi connectivity index (χ2v) is 14.7. The molecule has 0 saturated carbocycles. The van der Waals surface area contributed by atoms with E-state index in [9.17, 15) is 15.0 Å². The topological polar surface area (TPSA) is 104 Å². The molecule has 0 aliphatic heterocycles. The maximum Gasteiger partial charge on any atom is 0.308 e. The number of rotatable bonds is 16. The van der Waals surface area contributed by atoms with E-state index in [4.69, 9.17) is 23.4 Å². The molecule has 8 nitrogen and oxygen atoms in total. The summed E-state index contributed by atoms with van der Waals surface area (Å²) in [6, 6.07) is 0. The van der Waals surface area contributed by atoms with Gasteiger partial charge in [-0.1, -0.05) is 27.7 Å². The van der Waals surface area contributed by atoms with Crippen LogP contribution in [0.4, 0.5) is 0 Å². The highest BCUT2D eigenvalue weighted by Gasteiger charge is 2.41. The van der Waals surface area contributed by atoms with Crippen molar-refractivity contribution in [3.8, 4) is 0 Å². The Morgan fingerprint density at radius 3 is 1.94 bits per heavy atom. The lowest BCUT2D eigenvalue weighted by Gasteiger charge is -2.41. The van der Waals surface area contributed by atoms with E-state index in [2.05, 4.69) is 33.9 Å². The average Bonchev–Trinajstić information content (AvgIpc) is 2.66. The molecule has 2 N–H and O–H groups in total. The van der Waals surface area contributed by atoms with Crippen molar-refractivity contribution in [2.24, 2.45) is 11.8 Å². The summed E-state index contributed by atoms with van der Waals surface area (Å²) >= 11 is 0. The van der Waals surface area contributed by atoms with Crippen LogP contribution < -0.4 is 0 Å². The summed E-state index contributed by atoms with van der Waals surface area (Å²) in [5.41, 5.74) is 0. The molecule has 0 spiro atoms. The van der Waals surface area contributed by atoms with Gasteiger partial charge in [-0.05, 0) is 44.8 Å². The maximum atomic E-state index is 11.4. The quantitative estimate of drug-likeness (QED) is 0.261. The monoisotopic (exact) mass is 466 g/mol. The normalized spacial score (nSPS) is 18.8. The molecule has 0 heterocycles. The third-order valence-corrected chi connectivity index (χ3v) is 10.8. The molecule has 0 aliphatic carbocycles. The number of hydrogen-bond acceptors (Lipinski definition) is 7. The van der Waals surface area contributed by atoms with Gasteiger partial charge in [-0.2, -0.15) is 0 Å². The van der Waals surface area contributed by atoms with Gasteiger partial charge in [0.05, 0.1) is 24.2 Å². The molecule has 6 atom stereocenters. The van der Waals surface area contributed by atoms with Crippen molar-refractivity contribution in [1.82, 2.24) is 0 Å². The summed E-state index contributed by atoms with van der Waals surface area (Å²) in [7, 11) is 1.01. The van der Waals surface area contributed by atoms with E-state index in [-0.39, 0.29) is 30.8 Å². The van der Waals surface area contributed by atoms with E-state index in [0.717, 1.165) is 0 Å². The SMILES string of the molecule is COCO[C@H](C)C[C@@H](C[C@H](OCOC)[C@H](C)[C@H](O)[C@H](C)C(=O)O)O[Si](C)(C)C(C)(C)C. The number of carboxylic acid groups (broad SMARTS) is 1. The molecule has 9 heteroatoms. The zero-order chi connectivity index (χ0) is 24.4. The van der Waals surface area contributed by atoms with Gasteiger partial charge in [0.1, 0.15) is 13.6 Å². The number of hydrogen-bond donors (Lipinski definition) is 2. The van der Waals surface area contributed by atoms with Crippen LogP contribution in [0.15, 0.2) is 0 Å². The number of aliphatic hydroxyl groups excluding tert-OH is 1. The molecule has 0 aromatic rings. The number of ether oxygens (including phenoxy) is 4. The van der Waals surface area contributed by atoms with Gasteiger partial charge >= 0.3 is 5.97 Å². The average molecular weight is 467 g/mol. The minimum atomic E-state index is -2.10. The van der Waals surface area contributed by atoms with Crippen LogP contribution in [0.1, 0.15) is 54.4 Å². The van der Waals surface area contributed by atoms with Gasteiger partial charge in [0.15, 0.2) is 8.32 Å². The first-order valence-electron chi connectivity index (χ1n) is 11.0. The third-order valence-electron chi connectivity index (χ3n) is 6.25. The summed E-state index contributed by atoms with van der Waals surface area (Å²) in [5, 5.41) is 20.0. The van der Waals surface area contributed by atoms with Crippen LogP contribution >= 0.6 is 0 Å². The molecule has 186 valence electrons. The molecule has 0 bridgehead atoms. The van der Waals surface area contributed by atoms with Crippen LogP contribution in [-0.4, -0.2) is 76.7 Å². The smallest absolute Gasteiger partial charge is 0.308 e. The van der Waals surface area contributed by atoms with Gasteiger partial charge in [-0.15, -0.1) is 0 Å². The van der Waals surface area contributed by atoms with Gasteiger partial charge in [-0.3, -0.25) is 4.79 Å². The van der Waals surface area contributed by atoms with E-state index in [1.54, 1.807) is 14.0 Å². The number of aliphatic hydroxyl groups is 1. The fraction of sp³-hybridized carbons (Fsp3) is 0.955. The molecule has 0 amide bonds. The highest BCUT2D eigenvalue weighted by Crippen LogP contribution is 2.39. The Labute approximate surface area is 189 Å². The number of carbonyl (C=O) groups is 1. The van der Waals surface area contributed by atoms with Gasteiger partial charge < -0.3 is 33.6 Å². The number of carboxylic acids is 1. The standard InChI is InChI=1S/C22H46O8Si/c1-15(28-13-26-7)11-18(30-31(9,10)22(4,5)6)12-19(29-14-27-8)16(2)20(23)17(3)21(24)25/h15-20,23H,11-14H2,1-10H3,(H,24,25)/t15-,16+,17+,18+,19+,20+/m1/s1. The van der Waals surface area contributed by atoms with E-state index in [1.807, 2.05) is 6.92 Å². The Balaban J connectivity index is 5.65. The van der Waals surface area contributed by atoms with Crippen molar-refractivity contribution in [3.63, 3.8) is 0 Å². The van der Waals surface area contributed by atoms with Gasteiger partial charge in [0.2, 0.25) is 0 Å². The van der Waals surface area contributed by atoms with Gasteiger partial charge in [0.25, 0.3) is 0 Å². The number of methoxy groups -OCH3 is 2. The zero-order valence-electron chi connectivity index (χ0n) is 21.1. The van der Waals surface area contributed by atoms with Crippen molar-refractivity contribution < 1.29 is 38.4 Å². The van der Waals surface area contributed by atoms with Crippen molar-refractivity contribution in [3.05, 3.63) is 0 Å². The van der Waals surface area contributed by atoms with E-state index in [1.165, 1.54) is 14.0 Å². The first-order valence-corrected chi connectivity index (χ1v) is 13.9. The summed E-state index contributed by atoms with van der Waals surface area (Å²) in [5.74, 6) is -2.38.